The predicted molar refractivity (Wildman–Crippen MR) is 96.3 cm³/mol. The fourth-order valence-electron chi connectivity index (χ4n) is 2.56. The number of carboxylic acid groups (broad SMARTS) is 1. The van der Waals surface area contributed by atoms with Crippen molar-refractivity contribution in [3.63, 3.8) is 0 Å². The van der Waals surface area contributed by atoms with Gasteiger partial charge in [-0.3, -0.25) is 19.2 Å². The van der Waals surface area contributed by atoms with Gasteiger partial charge in [-0.05, 0) is 18.2 Å². The van der Waals surface area contributed by atoms with Gasteiger partial charge in [-0.15, -0.1) is 0 Å². The molecule has 28 heavy (non-hydrogen) atoms. The Morgan fingerprint density at radius 2 is 1.61 bits per heavy atom. The summed E-state index contributed by atoms with van der Waals surface area (Å²) in [5.74, 6) is -7.22. The monoisotopic (exact) mass is 394 g/mol. The van der Waals surface area contributed by atoms with Crippen LogP contribution in [0.3, 0.4) is 0 Å². The highest BCUT2D eigenvalue weighted by atomic mass is 16.5. The molecule has 0 saturated heterocycles. The van der Waals surface area contributed by atoms with E-state index in [1.165, 1.54) is 32.0 Å². The Labute approximate surface area is 161 Å². The Bertz CT molecular complexity index is 761. The van der Waals surface area contributed by atoms with Gasteiger partial charge in [0.15, 0.2) is 5.92 Å². The maximum absolute atomic E-state index is 12.5. The maximum atomic E-state index is 12.5. The van der Waals surface area contributed by atoms with Crippen molar-refractivity contribution in [1.82, 2.24) is 5.32 Å². The zero-order chi connectivity index (χ0) is 21.4. The third-order valence-corrected chi connectivity index (χ3v) is 3.96. The summed E-state index contributed by atoms with van der Waals surface area (Å²) in [5, 5.41) is 14.3. The summed E-state index contributed by atoms with van der Waals surface area (Å²) in [7, 11) is 2.10. The molecule has 0 saturated carbocycles. The van der Waals surface area contributed by atoms with E-state index in [0.717, 1.165) is 14.2 Å². The molecule has 0 spiro atoms. The molecule has 0 heterocycles. The molecule has 0 aromatic heterocycles. The Hall–Kier alpha value is -3.43. The highest BCUT2D eigenvalue weighted by Gasteiger charge is 2.42. The molecule has 1 aromatic rings. The summed E-state index contributed by atoms with van der Waals surface area (Å²) < 4.78 is 9.09. The molecule has 0 unspecified atom stereocenters. The number of carboxylic acids is 1. The van der Waals surface area contributed by atoms with Crippen LogP contribution in [0.25, 0.3) is 0 Å². The lowest BCUT2D eigenvalue weighted by Crippen LogP contribution is -2.50. The summed E-state index contributed by atoms with van der Waals surface area (Å²) in [5.41, 5.74) is 0.430. The number of aliphatic carboxylic acids is 1. The third-order valence-electron chi connectivity index (χ3n) is 3.96. The lowest BCUT2D eigenvalue weighted by Gasteiger charge is -2.26. The molecule has 0 radical (unpaired) electrons. The standard InChI is InChI=1S/C18H22N2O8/c1-9(13(17(25)27-3)18(26)28-4)14(16(23)24)20-15(22)11-6-5-7-12(8-11)19-10(2)21/h5-9,13-14H,1-4H3,(H,19,21)(H,20,22)(H,23,24)/t9-,14+/m0/s1. The second-order valence-electron chi connectivity index (χ2n) is 5.93. The quantitative estimate of drug-likeness (QED) is 0.424. The molecule has 0 aliphatic rings. The number of hydrogen-bond donors (Lipinski definition) is 3. The molecule has 1 aromatic carbocycles. The lowest BCUT2D eigenvalue weighted by atomic mass is 9.87. The number of rotatable bonds is 8. The molecule has 10 heteroatoms. The number of methoxy groups -OCH3 is 2. The average molecular weight is 394 g/mol. The van der Waals surface area contributed by atoms with Crippen molar-refractivity contribution < 1.29 is 38.6 Å². The van der Waals surface area contributed by atoms with E-state index < -0.39 is 41.7 Å². The van der Waals surface area contributed by atoms with E-state index >= 15 is 0 Å². The summed E-state index contributed by atoms with van der Waals surface area (Å²) in [6.07, 6.45) is 0. The van der Waals surface area contributed by atoms with Gasteiger partial charge in [0, 0.05) is 24.1 Å². The van der Waals surface area contributed by atoms with Crippen molar-refractivity contribution in [2.24, 2.45) is 11.8 Å². The molecular weight excluding hydrogens is 372 g/mol. The fraction of sp³-hybridized carbons (Fsp3) is 0.389. The van der Waals surface area contributed by atoms with Crippen LogP contribution in [0.1, 0.15) is 24.2 Å². The van der Waals surface area contributed by atoms with Gasteiger partial charge in [0.05, 0.1) is 14.2 Å². The molecule has 0 aliphatic carbocycles. The van der Waals surface area contributed by atoms with E-state index in [0.29, 0.717) is 5.69 Å². The van der Waals surface area contributed by atoms with Crippen LogP contribution in [0.5, 0.6) is 0 Å². The van der Waals surface area contributed by atoms with Crippen LogP contribution in [-0.2, 0) is 28.7 Å². The smallest absolute Gasteiger partial charge is 0.326 e. The number of carbonyl (C=O) groups is 5. The Balaban J connectivity index is 3.10. The van der Waals surface area contributed by atoms with Gasteiger partial charge >= 0.3 is 17.9 Å². The number of anilines is 1. The molecule has 2 atom stereocenters. The predicted octanol–water partition coefficient (Wildman–Crippen LogP) is 0.426. The maximum Gasteiger partial charge on any atom is 0.326 e. The van der Waals surface area contributed by atoms with Gasteiger partial charge in [-0.2, -0.15) is 0 Å². The summed E-state index contributed by atoms with van der Waals surface area (Å²) in [4.78, 5) is 59.1. The van der Waals surface area contributed by atoms with Gasteiger partial charge in [0.1, 0.15) is 6.04 Å². The van der Waals surface area contributed by atoms with Crippen LogP contribution in [0.15, 0.2) is 24.3 Å². The Morgan fingerprint density at radius 3 is 2.07 bits per heavy atom. The van der Waals surface area contributed by atoms with Crippen LogP contribution in [-0.4, -0.2) is 55.1 Å². The zero-order valence-electron chi connectivity index (χ0n) is 15.8. The molecule has 152 valence electrons. The number of ether oxygens (including phenoxy) is 2. The first-order valence-corrected chi connectivity index (χ1v) is 8.19. The summed E-state index contributed by atoms with van der Waals surface area (Å²) >= 11 is 0. The van der Waals surface area contributed by atoms with E-state index in [1.807, 2.05) is 0 Å². The normalized spacial score (nSPS) is 12.5. The highest BCUT2D eigenvalue weighted by Crippen LogP contribution is 2.20. The van der Waals surface area contributed by atoms with Gasteiger partial charge in [0.2, 0.25) is 5.91 Å². The number of hydrogen-bond acceptors (Lipinski definition) is 7. The Kier molecular flexibility index (Phi) is 8.11. The molecule has 3 N–H and O–H groups in total. The largest absolute Gasteiger partial charge is 0.480 e. The third kappa shape index (κ3) is 5.79. The van der Waals surface area contributed by atoms with Gasteiger partial charge in [-0.1, -0.05) is 13.0 Å². The Morgan fingerprint density at radius 1 is 1.04 bits per heavy atom. The number of esters is 2. The second-order valence-corrected chi connectivity index (χ2v) is 5.93. The molecule has 2 amide bonds. The SMILES string of the molecule is COC(=O)C(C(=O)OC)[C@H](C)[C@@H](NC(=O)c1cccc(NC(C)=O)c1)C(=O)O. The molecule has 0 fully saturated rings. The second kappa shape index (κ2) is 10.0. The number of amides is 2. The van der Waals surface area contributed by atoms with Crippen LogP contribution >= 0.6 is 0 Å². The van der Waals surface area contributed by atoms with Gasteiger partial charge in [-0.25, -0.2) is 4.79 Å². The van der Waals surface area contributed by atoms with Crippen LogP contribution in [0.4, 0.5) is 5.69 Å². The van der Waals surface area contributed by atoms with E-state index in [-0.39, 0.29) is 11.5 Å². The minimum atomic E-state index is -1.58. The zero-order valence-corrected chi connectivity index (χ0v) is 15.8. The molecule has 0 bridgehead atoms. The average Bonchev–Trinajstić information content (AvgIpc) is 2.64. The lowest BCUT2D eigenvalue weighted by molar-refractivity contribution is -0.162. The summed E-state index contributed by atoms with van der Waals surface area (Å²) in [6, 6.07) is 4.26. The molecule has 1 rings (SSSR count). The van der Waals surface area contributed by atoms with Crippen LogP contribution < -0.4 is 10.6 Å². The van der Waals surface area contributed by atoms with Gasteiger partial charge in [0.25, 0.3) is 5.91 Å². The number of carbonyl (C=O) groups excluding carboxylic acids is 4. The van der Waals surface area contributed by atoms with Gasteiger partial charge < -0.3 is 25.2 Å². The first-order chi connectivity index (χ1) is 13.1. The van der Waals surface area contributed by atoms with E-state index in [2.05, 4.69) is 20.1 Å². The van der Waals surface area contributed by atoms with E-state index in [9.17, 15) is 29.1 Å². The minimum Gasteiger partial charge on any atom is -0.480 e. The molecule has 10 nitrogen and oxygen atoms in total. The van der Waals surface area contributed by atoms with Crippen molar-refractivity contribution >= 4 is 35.4 Å². The molecule has 0 aliphatic heterocycles. The fourth-order valence-corrected chi connectivity index (χ4v) is 2.56. The highest BCUT2D eigenvalue weighted by molar-refractivity contribution is 6.00. The first kappa shape index (κ1) is 22.6. The summed E-state index contributed by atoms with van der Waals surface area (Å²) in [6.45, 7) is 2.61. The number of nitrogens with one attached hydrogen (secondary N) is 2. The molecular formula is C18H22N2O8. The topological polar surface area (TPSA) is 148 Å². The van der Waals surface area contributed by atoms with Crippen molar-refractivity contribution in [1.29, 1.82) is 0 Å². The van der Waals surface area contributed by atoms with E-state index in [1.54, 1.807) is 6.07 Å². The van der Waals surface area contributed by atoms with E-state index in [4.69, 9.17) is 0 Å². The van der Waals surface area contributed by atoms with Crippen LogP contribution in [0.2, 0.25) is 0 Å². The number of benzene rings is 1. The van der Waals surface area contributed by atoms with Crippen LogP contribution in [0, 0.1) is 11.8 Å². The first-order valence-electron chi connectivity index (χ1n) is 8.19. The minimum absolute atomic E-state index is 0.0809. The van der Waals surface area contributed by atoms with Crippen molar-refractivity contribution in [2.45, 2.75) is 19.9 Å². The van der Waals surface area contributed by atoms with Crippen molar-refractivity contribution in [3.05, 3.63) is 29.8 Å². The van der Waals surface area contributed by atoms with Crippen molar-refractivity contribution in [3.8, 4) is 0 Å². The van der Waals surface area contributed by atoms with Crippen molar-refractivity contribution in [2.75, 3.05) is 19.5 Å².